The molecule has 9 heteroatoms. The summed E-state index contributed by atoms with van der Waals surface area (Å²) in [6.45, 7) is 3.28. The first-order chi connectivity index (χ1) is 15.8. The van der Waals surface area contributed by atoms with Crippen molar-refractivity contribution in [1.29, 1.82) is 0 Å². The van der Waals surface area contributed by atoms with E-state index in [1.54, 1.807) is 24.3 Å². The van der Waals surface area contributed by atoms with Gasteiger partial charge in [0.25, 0.3) is 5.56 Å². The SMILES string of the molecule is Cc1ccc(-c2nc(C)sc2CC(=O)OCc2nc3ccccc3c(=O)n2CC(N)=O)cc1. The Morgan fingerprint density at radius 2 is 1.79 bits per heavy atom. The number of benzene rings is 2. The lowest BCUT2D eigenvalue weighted by atomic mass is 10.1. The summed E-state index contributed by atoms with van der Waals surface area (Å²) in [5, 5.41) is 1.21. The molecule has 0 fully saturated rings. The van der Waals surface area contributed by atoms with Gasteiger partial charge < -0.3 is 10.5 Å². The van der Waals surface area contributed by atoms with Crippen molar-refractivity contribution in [3.8, 4) is 11.3 Å². The standard InChI is InChI=1S/C24H22N4O4S/c1-14-7-9-16(10-8-14)23-19(33-15(2)26-23)11-22(30)32-13-21-27-18-6-4-3-5-17(18)24(31)28(21)12-20(25)29/h3-10H,11-13H2,1-2H3,(H2,25,29). The van der Waals surface area contributed by atoms with Crippen LogP contribution in [0.15, 0.2) is 53.3 Å². The molecule has 2 N–H and O–H groups in total. The number of thiazole rings is 1. The fraction of sp³-hybridized carbons (Fsp3) is 0.208. The Labute approximate surface area is 193 Å². The van der Waals surface area contributed by atoms with Crippen molar-refractivity contribution in [2.24, 2.45) is 5.73 Å². The minimum absolute atomic E-state index is 0.0301. The zero-order chi connectivity index (χ0) is 23.5. The molecular weight excluding hydrogens is 440 g/mol. The van der Waals surface area contributed by atoms with E-state index in [1.165, 1.54) is 11.3 Å². The molecule has 168 valence electrons. The third-order valence-electron chi connectivity index (χ3n) is 5.05. The van der Waals surface area contributed by atoms with Gasteiger partial charge >= 0.3 is 5.97 Å². The highest BCUT2D eigenvalue weighted by Crippen LogP contribution is 2.29. The molecule has 2 aromatic heterocycles. The quantitative estimate of drug-likeness (QED) is 0.422. The van der Waals surface area contributed by atoms with Gasteiger partial charge in [-0.1, -0.05) is 42.0 Å². The van der Waals surface area contributed by atoms with E-state index in [0.717, 1.165) is 31.3 Å². The van der Waals surface area contributed by atoms with Gasteiger partial charge in [-0.15, -0.1) is 11.3 Å². The van der Waals surface area contributed by atoms with E-state index >= 15 is 0 Å². The molecule has 0 spiro atoms. The van der Waals surface area contributed by atoms with E-state index in [0.29, 0.717) is 10.9 Å². The average Bonchev–Trinajstić information content (AvgIpc) is 3.14. The summed E-state index contributed by atoms with van der Waals surface area (Å²) in [5.74, 6) is -1.02. The van der Waals surface area contributed by atoms with Crippen LogP contribution in [-0.4, -0.2) is 26.4 Å². The van der Waals surface area contributed by atoms with Crippen LogP contribution in [-0.2, 0) is 33.9 Å². The molecule has 8 nitrogen and oxygen atoms in total. The second-order valence-corrected chi connectivity index (χ2v) is 8.90. The van der Waals surface area contributed by atoms with Crippen molar-refractivity contribution in [1.82, 2.24) is 14.5 Å². The number of amides is 1. The van der Waals surface area contributed by atoms with Gasteiger partial charge in [-0.05, 0) is 26.0 Å². The summed E-state index contributed by atoms with van der Waals surface area (Å²) >= 11 is 1.44. The Kier molecular flexibility index (Phi) is 6.32. The normalized spacial score (nSPS) is 11.0. The molecule has 33 heavy (non-hydrogen) atoms. The summed E-state index contributed by atoms with van der Waals surface area (Å²) in [7, 11) is 0. The molecule has 4 aromatic rings. The molecule has 0 saturated carbocycles. The van der Waals surface area contributed by atoms with Gasteiger partial charge in [-0.2, -0.15) is 0 Å². The molecule has 2 aromatic carbocycles. The van der Waals surface area contributed by atoms with Crippen LogP contribution in [0.3, 0.4) is 0 Å². The number of carbonyl (C=O) groups is 2. The largest absolute Gasteiger partial charge is 0.457 e. The Balaban J connectivity index is 1.56. The van der Waals surface area contributed by atoms with Crippen LogP contribution in [0.4, 0.5) is 0 Å². The van der Waals surface area contributed by atoms with Gasteiger partial charge in [0.15, 0.2) is 5.82 Å². The van der Waals surface area contributed by atoms with Crippen LogP contribution in [0.1, 0.15) is 21.3 Å². The molecule has 0 atom stereocenters. The van der Waals surface area contributed by atoms with E-state index in [4.69, 9.17) is 10.5 Å². The number of hydrogen-bond acceptors (Lipinski definition) is 7. The fourth-order valence-electron chi connectivity index (χ4n) is 3.50. The number of ether oxygens (including phenoxy) is 1. The Hall–Kier alpha value is -3.85. The summed E-state index contributed by atoms with van der Waals surface area (Å²) < 4.78 is 6.59. The van der Waals surface area contributed by atoms with E-state index in [2.05, 4.69) is 9.97 Å². The molecule has 0 aliphatic rings. The minimum Gasteiger partial charge on any atom is -0.457 e. The predicted molar refractivity (Wildman–Crippen MR) is 126 cm³/mol. The third-order valence-corrected chi connectivity index (χ3v) is 6.02. The Morgan fingerprint density at radius 3 is 2.52 bits per heavy atom. The number of hydrogen-bond donors (Lipinski definition) is 1. The van der Waals surface area contributed by atoms with Gasteiger partial charge in [-0.3, -0.25) is 19.0 Å². The average molecular weight is 463 g/mol. The number of fused-ring (bicyclic) bond motifs is 1. The highest BCUT2D eigenvalue weighted by atomic mass is 32.1. The lowest BCUT2D eigenvalue weighted by molar-refractivity contribution is -0.144. The number of aryl methyl sites for hydroxylation is 2. The Bertz CT molecular complexity index is 1410. The monoisotopic (exact) mass is 462 g/mol. The van der Waals surface area contributed by atoms with Crippen LogP contribution in [0.5, 0.6) is 0 Å². The van der Waals surface area contributed by atoms with Crippen LogP contribution >= 0.6 is 11.3 Å². The van der Waals surface area contributed by atoms with Gasteiger partial charge in [0.05, 0.1) is 28.0 Å². The maximum absolute atomic E-state index is 12.8. The molecule has 2 heterocycles. The summed E-state index contributed by atoms with van der Waals surface area (Å²) in [6, 6.07) is 14.7. The molecule has 0 radical (unpaired) electrons. The maximum atomic E-state index is 12.8. The lowest BCUT2D eigenvalue weighted by Gasteiger charge is -2.12. The number of nitrogens with two attached hydrogens (primary N) is 1. The van der Waals surface area contributed by atoms with Crippen molar-refractivity contribution < 1.29 is 14.3 Å². The van der Waals surface area contributed by atoms with Crippen LogP contribution in [0.25, 0.3) is 22.2 Å². The molecule has 1 amide bonds. The summed E-state index contributed by atoms with van der Waals surface area (Å²) in [6.07, 6.45) is 0.0301. The molecule has 0 saturated heterocycles. The molecule has 4 rings (SSSR count). The van der Waals surface area contributed by atoms with E-state index in [-0.39, 0.29) is 25.4 Å². The number of rotatable bonds is 7. The zero-order valence-electron chi connectivity index (χ0n) is 18.2. The summed E-state index contributed by atoms with van der Waals surface area (Å²) in [5.41, 5.74) is 8.17. The second-order valence-electron chi connectivity index (χ2n) is 7.61. The van der Waals surface area contributed by atoms with Crippen LogP contribution in [0.2, 0.25) is 0 Å². The smallest absolute Gasteiger partial charge is 0.311 e. The number of esters is 1. The summed E-state index contributed by atoms with van der Waals surface area (Å²) in [4.78, 5) is 46.8. The molecular formula is C24H22N4O4S. The topological polar surface area (TPSA) is 117 Å². The molecule has 0 aliphatic heterocycles. The maximum Gasteiger partial charge on any atom is 0.311 e. The second kappa shape index (κ2) is 9.33. The van der Waals surface area contributed by atoms with E-state index in [9.17, 15) is 14.4 Å². The Morgan fingerprint density at radius 1 is 1.06 bits per heavy atom. The minimum atomic E-state index is -0.690. The number of para-hydroxylation sites is 1. The number of carbonyl (C=O) groups excluding carboxylic acids is 2. The van der Waals surface area contributed by atoms with Gasteiger partial charge in [0.1, 0.15) is 13.2 Å². The number of nitrogens with zero attached hydrogens (tertiary/aromatic N) is 3. The molecule has 0 aliphatic carbocycles. The molecule has 0 bridgehead atoms. The molecule has 0 unspecified atom stereocenters. The van der Waals surface area contributed by atoms with Gasteiger partial charge in [0.2, 0.25) is 5.91 Å². The van der Waals surface area contributed by atoms with Crippen molar-refractivity contribution in [3.63, 3.8) is 0 Å². The fourth-order valence-corrected chi connectivity index (χ4v) is 4.44. The van der Waals surface area contributed by atoms with E-state index < -0.39 is 17.4 Å². The highest BCUT2D eigenvalue weighted by Gasteiger charge is 2.18. The van der Waals surface area contributed by atoms with E-state index in [1.807, 2.05) is 38.1 Å². The highest BCUT2D eigenvalue weighted by molar-refractivity contribution is 7.12. The predicted octanol–water partition coefficient (Wildman–Crippen LogP) is 2.91. The van der Waals surface area contributed by atoms with Crippen molar-refractivity contribution in [2.45, 2.75) is 33.4 Å². The van der Waals surface area contributed by atoms with Gasteiger partial charge in [-0.25, -0.2) is 9.97 Å². The number of aromatic nitrogens is 3. The van der Waals surface area contributed by atoms with Crippen molar-refractivity contribution in [2.75, 3.05) is 0 Å². The lowest BCUT2D eigenvalue weighted by Crippen LogP contribution is -2.32. The number of primary amides is 1. The third kappa shape index (κ3) is 4.98. The van der Waals surface area contributed by atoms with Crippen molar-refractivity contribution >= 4 is 34.1 Å². The van der Waals surface area contributed by atoms with Gasteiger partial charge in [0, 0.05) is 10.4 Å². The first-order valence-electron chi connectivity index (χ1n) is 10.3. The zero-order valence-corrected chi connectivity index (χ0v) is 19.0. The first kappa shape index (κ1) is 22.3. The first-order valence-corrected chi connectivity index (χ1v) is 11.1. The van der Waals surface area contributed by atoms with Crippen LogP contribution in [0, 0.1) is 13.8 Å². The van der Waals surface area contributed by atoms with Crippen LogP contribution < -0.4 is 11.3 Å². The van der Waals surface area contributed by atoms with Crippen molar-refractivity contribution in [3.05, 3.63) is 80.2 Å².